The lowest BCUT2D eigenvalue weighted by Gasteiger charge is -2.09. The van der Waals surface area contributed by atoms with Crippen molar-refractivity contribution in [1.82, 2.24) is 4.98 Å². The summed E-state index contributed by atoms with van der Waals surface area (Å²) in [5, 5.41) is 5.78. The number of carbonyl (C=O) groups is 1. The summed E-state index contributed by atoms with van der Waals surface area (Å²) in [5.41, 5.74) is 2.40. The molecule has 98 valence electrons. The van der Waals surface area contributed by atoms with E-state index >= 15 is 0 Å². The Hall–Kier alpha value is -1.88. The van der Waals surface area contributed by atoms with Crippen molar-refractivity contribution in [3.8, 4) is 0 Å². The zero-order chi connectivity index (χ0) is 13.8. The maximum atomic E-state index is 12.2. The van der Waals surface area contributed by atoms with Crippen LogP contribution in [0.5, 0.6) is 0 Å². The lowest BCUT2D eigenvalue weighted by molar-refractivity contribution is 0.102. The molecule has 1 amide bonds. The number of hydrogen-bond acceptors (Lipinski definition) is 3. The molecule has 2 N–H and O–H groups in total. The highest BCUT2D eigenvalue weighted by Crippen LogP contribution is 2.19. The van der Waals surface area contributed by atoms with Crippen molar-refractivity contribution in [2.75, 3.05) is 17.7 Å². The number of rotatable bonds is 3. The van der Waals surface area contributed by atoms with Crippen molar-refractivity contribution in [2.45, 2.75) is 6.92 Å². The number of aromatic nitrogens is 1. The number of pyridine rings is 1. The predicted octanol–water partition coefficient (Wildman–Crippen LogP) is 3.45. The quantitative estimate of drug-likeness (QED) is 0.911. The van der Waals surface area contributed by atoms with E-state index in [0.717, 1.165) is 15.7 Å². The average molecular weight is 320 g/mol. The Morgan fingerprint density at radius 1 is 1.32 bits per heavy atom. The molecule has 0 bridgehead atoms. The number of benzene rings is 1. The molecule has 0 aliphatic rings. The summed E-state index contributed by atoms with van der Waals surface area (Å²) in [5.74, 6) is 0.357. The molecule has 0 atom stereocenters. The highest BCUT2D eigenvalue weighted by molar-refractivity contribution is 9.10. The molecule has 0 fully saturated rings. The van der Waals surface area contributed by atoms with Crippen molar-refractivity contribution in [1.29, 1.82) is 0 Å². The van der Waals surface area contributed by atoms with Crippen LogP contribution in [-0.4, -0.2) is 17.9 Å². The van der Waals surface area contributed by atoms with Gasteiger partial charge >= 0.3 is 0 Å². The fourth-order valence-corrected chi connectivity index (χ4v) is 1.91. The third kappa shape index (κ3) is 3.12. The third-order valence-corrected chi connectivity index (χ3v) is 3.56. The maximum absolute atomic E-state index is 12.2. The Bertz CT molecular complexity index is 613. The van der Waals surface area contributed by atoms with Crippen LogP contribution in [0.3, 0.4) is 0 Å². The number of nitrogens with one attached hydrogen (secondary N) is 2. The Morgan fingerprint density at radius 2 is 2.05 bits per heavy atom. The number of para-hydroxylation sites is 1. The average Bonchev–Trinajstić information content (AvgIpc) is 2.43. The monoisotopic (exact) mass is 319 g/mol. The molecule has 1 heterocycles. The zero-order valence-electron chi connectivity index (χ0n) is 10.7. The standard InChI is InChI=1S/C14H14BrN3O/c1-9-7-13(17-8-11(9)15)18-14(19)10-5-3-4-6-12(10)16-2/h3-8,16H,1-2H3,(H,17,18,19). The van der Waals surface area contributed by atoms with Gasteiger partial charge in [-0.05, 0) is 46.6 Å². The Kier molecular flexibility index (Phi) is 4.16. The highest BCUT2D eigenvalue weighted by Gasteiger charge is 2.11. The number of aryl methyl sites for hydroxylation is 1. The van der Waals surface area contributed by atoms with E-state index in [1.54, 1.807) is 19.3 Å². The molecule has 0 saturated heterocycles. The van der Waals surface area contributed by atoms with Gasteiger partial charge in [0.25, 0.3) is 5.91 Å². The van der Waals surface area contributed by atoms with Crippen LogP contribution in [0.4, 0.5) is 11.5 Å². The summed E-state index contributed by atoms with van der Waals surface area (Å²) in [6.07, 6.45) is 1.68. The van der Waals surface area contributed by atoms with Gasteiger partial charge in [0.2, 0.25) is 0 Å². The van der Waals surface area contributed by atoms with Gasteiger partial charge in [0.05, 0.1) is 5.56 Å². The molecule has 4 nitrogen and oxygen atoms in total. The first kappa shape index (κ1) is 13.5. The smallest absolute Gasteiger partial charge is 0.258 e. The van der Waals surface area contributed by atoms with Gasteiger partial charge in [-0.2, -0.15) is 0 Å². The lowest BCUT2D eigenvalue weighted by atomic mass is 10.1. The molecular weight excluding hydrogens is 306 g/mol. The second-order valence-corrected chi connectivity index (χ2v) is 4.92. The minimum absolute atomic E-state index is 0.181. The number of nitrogens with zero attached hydrogens (tertiary/aromatic N) is 1. The summed E-state index contributed by atoms with van der Waals surface area (Å²) in [6, 6.07) is 9.16. The van der Waals surface area contributed by atoms with E-state index < -0.39 is 0 Å². The number of anilines is 2. The van der Waals surface area contributed by atoms with Gasteiger partial charge < -0.3 is 10.6 Å². The summed E-state index contributed by atoms with van der Waals surface area (Å²) in [4.78, 5) is 16.3. The Labute approximate surface area is 120 Å². The predicted molar refractivity (Wildman–Crippen MR) is 80.6 cm³/mol. The van der Waals surface area contributed by atoms with Crippen LogP contribution >= 0.6 is 15.9 Å². The maximum Gasteiger partial charge on any atom is 0.258 e. The van der Waals surface area contributed by atoms with Gasteiger partial charge in [-0.1, -0.05) is 12.1 Å². The molecule has 19 heavy (non-hydrogen) atoms. The van der Waals surface area contributed by atoms with Gasteiger partial charge in [0, 0.05) is 23.4 Å². The summed E-state index contributed by atoms with van der Waals surface area (Å²) in [7, 11) is 1.79. The zero-order valence-corrected chi connectivity index (χ0v) is 12.3. The van der Waals surface area contributed by atoms with Crippen LogP contribution in [0, 0.1) is 6.92 Å². The first-order valence-corrected chi connectivity index (χ1v) is 6.61. The molecule has 1 aromatic heterocycles. The van der Waals surface area contributed by atoms with Crippen molar-refractivity contribution >= 4 is 33.3 Å². The molecule has 2 rings (SSSR count). The topological polar surface area (TPSA) is 54.0 Å². The van der Waals surface area contributed by atoms with Crippen molar-refractivity contribution in [3.05, 3.63) is 52.1 Å². The van der Waals surface area contributed by atoms with Crippen molar-refractivity contribution in [2.24, 2.45) is 0 Å². The van der Waals surface area contributed by atoms with Crippen molar-refractivity contribution in [3.63, 3.8) is 0 Å². The van der Waals surface area contributed by atoms with Gasteiger partial charge in [0.1, 0.15) is 5.82 Å². The van der Waals surface area contributed by atoms with Crippen molar-refractivity contribution < 1.29 is 4.79 Å². The van der Waals surface area contributed by atoms with Gasteiger partial charge in [0.15, 0.2) is 0 Å². The fraction of sp³-hybridized carbons (Fsp3) is 0.143. The second-order valence-electron chi connectivity index (χ2n) is 4.07. The van der Waals surface area contributed by atoms with Crippen LogP contribution in [-0.2, 0) is 0 Å². The first-order valence-electron chi connectivity index (χ1n) is 5.82. The molecule has 0 radical (unpaired) electrons. The van der Waals surface area contributed by atoms with Gasteiger partial charge in [-0.3, -0.25) is 4.79 Å². The van der Waals surface area contributed by atoms with E-state index in [2.05, 4.69) is 31.5 Å². The molecular formula is C14H14BrN3O. The Balaban J connectivity index is 2.23. The molecule has 0 spiro atoms. The molecule has 0 unspecified atom stereocenters. The van der Waals surface area contributed by atoms with Crippen LogP contribution in [0.2, 0.25) is 0 Å². The number of hydrogen-bond donors (Lipinski definition) is 2. The van der Waals surface area contributed by atoms with E-state index in [4.69, 9.17) is 0 Å². The minimum Gasteiger partial charge on any atom is -0.387 e. The van der Waals surface area contributed by atoms with E-state index in [1.807, 2.05) is 31.2 Å². The lowest BCUT2D eigenvalue weighted by Crippen LogP contribution is -2.14. The first-order chi connectivity index (χ1) is 9.11. The number of amides is 1. The van der Waals surface area contributed by atoms with Crippen LogP contribution < -0.4 is 10.6 Å². The van der Waals surface area contributed by atoms with E-state index in [1.165, 1.54) is 0 Å². The van der Waals surface area contributed by atoms with E-state index in [9.17, 15) is 4.79 Å². The fourth-order valence-electron chi connectivity index (χ4n) is 1.69. The van der Waals surface area contributed by atoms with E-state index in [0.29, 0.717) is 11.4 Å². The largest absolute Gasteiger partial charge is 0.387 e. The summed E-state index contributed by atoms with van der Waals surface area (Å²) >= 11 is 3.38. The number of halogens is 1. The van der Waals surface area contributed by atoms with Gasteiger partial charge in [-0.25, -0.2) is 4.98 Å². The highest BCUT2D eigenvalue weighted by atomic mass is 79.9. The third-order valence-electron chi connectivity index (χ3n) is 2.73. The summed E-state index contributed by atoms with van der Waals surface area (Å²) < 4.78 is 0.918. The second kappa shape index (κ2) is 5.84. The normalized spacial score (nSPS) is 10.1. The van der Waals surface area contributed by atoms with Crippen LogP contribution in [0.15, 0.2) is 41.0 Å². The SMILES string of the molecule is CNc1ccccc1C(=O)Nc1cc(C)c(Br)cn1. The van der Waals surface area contributed by atoms with Crippen LogP contribution in [0.25, 0.3) is 0 Å². The summed E-state index contributed by atoms with van der Waals surface area (Å²) in [6.45, 7) is 1.95. The molecule has 1 aromatic carbocycles. The minimum atomic E-state index is -0.181. The Morgan fingerprint density at radius 3 is 2.74 bits per heavy atom. The van der Waals surface area contributed by atoms with E-state index in [-0.39, 0.29) is 5.91 Å². The van der Waals surface area contributed by atoms with Crippen LogP contribution in [0.1, 0.15) is 15.9 Å². The number of carbonyl (C=O) groups excluding carboxylic acids is 1. The molecule has 5 heteroatoms. The van der Waals surface area contributed by atoms with Gasteiger partial charge in [-0.15, -0.1) is 0 Å². The molecule has 0 aliphatic heterocycles. The molecule has 0 saturated carbocycles. The molecule has 0 aliphatic carbocycles. The molecule has 2 aromatic rings.